The molecule has 1 N–H and O–H groups in total. The summed E-state index contributed by atoms with van der Waals surface area (Å²) in [4.78, 5) is 26.8. The van der Waals surface area contributed by atoms with Gasteiger partial charge >= 0.3 is 0 Å². The van der Waals surface area contributed by atoms with Crippen LogP contribution in [0.4, 0.5) is 28.8 Å². The highest BCUT2D eigenvalue weighted by molar-refractivity contribution is 6.13. The molecular weight excluding hydrogens is 434 g/mol. The molecule has 2 heterocycles. The molecule has 1 fully saturated rings. The van der Waals surface area contributed by atoms with Crippen LogP contribution >= 0.6 is 0 Å². The number of fused-ring (bicyclic) bond motifs is 2. The number of nitrogens with one attached hydrogen (secondary N) is 1. The van der Waals surface area contributed by atoms with Crippen LogP contribution in [0.2, 0.25) is 0 Å². The van der Waals surface area contributed by atoms with Gasteiger partial charge in [0.1, 0.15) is 5.69 Å². The minimum Gasteiger partial charge on any atom is -0.324 e. The second-order valence-electron chi connectivity index (χ2n) is 9.72. The number of carbonyl (C=O) groups is 1. The molecule has 5 rings (SSSR count). The molecule has 1 amide bonds. The summed E-state index contributed by atoms with van der Waals surface area (Å²) in [7, 11) is 1.81. The molecule has 1 aromatic heterocycles. The smallest absolute Gasteiger partial charge is 0.260 e. The normalized spacial score (nSPS) is 15.7. The van der Waals surface area contributed by atoms with Crippen molar-refractivity contribution in [3.05, 3.63) is 65.9 Å². The summed E-state index contributed by atoms with van der Waals surface area (Å²) < 4.78 is 0. The number of benzene rings is 2. The van der Waals surface area contributed by atoms with Crippen molar-refractivity contribution in [1.82, 2.24) is 9.97 Å². The maximum Gasteiger partial charge on any atom is 0.260 e. The number of aryl methyl sites for hydroxylation is 1. The zero-order valence-corrected chi connectivity index (χ0v) is 20.8. The van der Waals surface area contributed by atoms with Crippen LogP contribution in [0.25, 0.3) is 0 Å². The van der Waals surface area contributed by atoms with Gasteiger partial charge in [0, 0.05) is 18.8 Å². The van der Waals surface area contributed by atoms with Gasteiger partial charge in [0.05, 0.1) is 17.4 Å². The van der Waals surface area contributed by atoms with E-state index in [9.17, 15) is 4.79 Å². The number of anilines is 5. The number of hydrogen-bond acceptors (Lipinski definition) is 5. The van der Waals surface area contributed by atoms with E-state index < -0.39 is 0 Å². The summed E-state index contributed by atoms with van der Waals surface area (Å²) >= 11 is 0. The minimum atomic E-state index is -0.0267. The van der Waals surface area contributed by atoms with Crippen molar-refractivity contribution < 1.29 is 4.79 Å². The van der Waals surface area contributed by atoms with Crippen molar-refractivity contribution in [2.75, 3.05) is 22.2 Å². The molecule has 1 saturated carbocycles. The van der Waals surface area contributed by atoms with E-state index in [0.29, 0.717) is 17.6 Å². The Morgan fingerprint density at radius 3 is 2.51 bits per heavy atom. The van der Waals surface area contributed by atoms with E-state index in [1.807, 2.05) is 31.3 Å². The van der Waals surface area contributed by atoms with Crippen molar-refractivity contribution >= 4 is 34.7 Å². The van der Waals surface area contributed by atoms with E-state index >= 15 is 0 Å². The number of amides is 1. The summed E-state index contributed by atoms with van der Waals surface area (Å²) in [6.45, 7) is 2.24. The number of aromatic nitrogens is 2. The zero-order chi connectivity index (χ0) is 24.2. The number of hydrogen-bond donors (Lipinski definition) is 1. The molecule has 2 aromatic carbocycles. The predicted molar refractivity (Wildman–Crippen MR) is 143 cm³/mol. The molecular formula is C29H35N5O. The molecule has 182 valence electrons. The second-order valence-corrected chi connectivity index (χ2v) is 9.72. The Morgan fingerprint density at radius 1 is 0.971 bits per heavy atom. The third-order valence-electron chi connectivity index (χ3n) is 7.26. The number of unbranched alkanes of at least 4 members (excludes halogenated alkanes) is 3. The van der Waals surface area contributed by atoms with Crippen molar-refractivity contribution in [3.8, 4) is 0 Å². The first-order chi connectivity index (χ1) is 17.2. The zero-order valence-electron chi connectivity index (χ0n) is 20.8. The molecule has 2 aliphatic rings. The van der Waals surface area contributed by atoms with Gasteiger partial charge < -0.3 is 15.1 Å². The van der Waals surface area contributed by atoms with Crippen LogP contribution in [0.3, 0.4) is 0 Å². The van der Waals surface area contributed by atoms with Crippen LogP contribution < -0.4 is 15.1 Å². The Balaban J connectivity index is 1.44. The fraction of sp³-hybridized carbons (Fsp3) is 0.414. The molecule has 1 aliphatic carbocycles. The molecule has 0 saturated heterocycles. The molecule has 0 radical (unpaired) electrons. The van der Waals surface area contributed by atoms with Gasteiger partial charge in [0.2, 0.25) is 5.95 Å². The minimum absolute atomic E-state index is 0.0267. The standard InChI is InChI=1S/C29H35N5O/c1-3-4-5-6-11-21-16-18-22(19-17-21)31-29-30-20-26-27(32-29)34(23-12-7-8-13-23)25-15-10-9-14-24(25)28(35)33(26)2/h9-10,14-20,23H,3-8,11-13H2,1-2H3,(H,30,31,32). The molecule has 1 aliphatic heterocycles. The molecule has 0 unspecified atom stereocenters. The van der Waals surface area contributed by atoms with Gasteiger partial charge in [-0.2, -0.15) is 4.98 Å². The third kappa shape index (κ3) is 4.88. The van der Waals surface area contributed by atoms with Crippen LogP contribution in [0.1, 0.15) is 74.2 Å². The van der Waals surface area contributed by atoms with E-state index in [-0.39, 0.29) is 5.91 Å². The van der Waals surface area contributed by atoms with Gasteiger partial charge in [-0.05, 0) is 55.5 Å². The van der Waals surface area contributed by atoms with Gasteiger partial charge in [0.15, 0.2) is 5.82 Å². The molecule has 35 heavy (non-hydrogen) atoms. The van der Waals surface area contributed by atoms with Crippen LogP contribution in [0.15, 0.2) is 54.7 Å². The molecule has 0 atom stereocenters. The lowest BCUT2D eigenvalue weighted by molar-refractivity contribution is 0.0994. The fourth-order valence-corrected chi connectivity index (χ4v) is 5.28. The quantitative estimate of drug-likeness (QED) is 0.359. The van der Waals surface area contributed by atoms with Crippen LogP contribution in [-0.2, 0) is 6.42 Å². The van der Waals surface area contributed by atoms with Crippen molar-refractivity contribution in [3.63, 3.8) is 0 Å². The Labute approximate surface area is 208 Å². The highest BCUT2D eigenvalue weighted by Gasteiger charge is 2.35. The lowest BCUT2D eigenvalue weighted by atomic mass is 10.1. The van der Waals surface area contributed by atoms with E-state index in [4.69, 9.17) is 4.98 Å². The van der Waals surface area contributed by atoms with E-state index in [1.165, 1.54) is 44.1 Å². The first kappa shape index (κ1) is 23.3. The molecule has 6 heteroatoms. The third-order valence-corrected chi connectivity index (χ3v) is 7.26. The summed E-state index contributed by atoms with van der Waals surface area (Å²) in [5, 5.41) is 3.39. The van der Waals surface area contributed by atoms with Crippen molar-refractivity contribution in [1.29, 1.82) is 0 Å². The van der Waals surface area contributed by atoms with E-state index in [0.717, 1.165) is 42.1 Å². The Bertz CT molecular complexity index is 1170. The maximum absolute atomic E-state index is 13.3. The second kappa shape index (κ2) is 10.5. The van der Waals surface area contributed by atoms with Crippen molar-refractivity contribution in [2.45, 2.75) is 70.8 Å². The average Bonchev–Trinajstić information content (AvgIpc) is 3.39. The largest absolute Gasteiger partial charge is 0.324 e. The van der Waals surface area contributed by atoms with Gasteiger partial charge in [-0.25, -0.2) is 4.98 Å². The molecule has 0 spiro atoms. The Hall–Kier alpha value is -3.41. The maximum atomic E-state index is 13.3. The Kier molecular flexibility index (Phi) is 6.98. The number of para-hydroxylation sites is 1. The summed E-state index contributed by atoms with van der Waals surface area (Å²) in [6.07, 6.45) is 12.6. The summed E-state index contributed by atoms with van der Waals surface area (Å²) in [5.74, 6) is 1.31. The predicted octanol–water partition coefficient (Wildman–Crippen LogP) is 7.01. The van der Waals surface area contributed by atoms with Crippen LogP contribution in [-0.4, -0.2) is 29.0 Å². The molecule has 3 aromatic rings. The summed E-state index contributed by atoms with van der Waals surface area (Å²) in [5.41, 5.74) is 4.72. The highest BCUT2D eigenvalue weighted by Crippen LogP contribution is 2.43. The SMILES string of the molecule is CCCCCCc1ccc(Nc2ncc3c(n2)N(C2CCCC2)c2ccccc2C(=O)N3C)cc1. The van der Waals surface area contributed by atoms with E-state index in [1.54, 1.807) is 11.1 Å². The molecule has 0 bridgehead atoms. The first-order valence-electron chi connectivity index (χ1n) is 13.0. The highest BCUT2D eigenvalue weighted by atomic mass is 16.2. The monoisotopic (exact) mass is 469 g/mol. The molecule has 6 nitrogen and oxygen atoms in total. The average molecular weight is 470 g/mol. The number of nitrogens with zero attached hydrogens (tertiary/aromatic N) is 4. The lowest BCUT2D eigenvalue weighted by Gasteiger charge is -2.31. The van der Waals surface area contributed by atoms with E-state index in [2.05, 4.69) is 46.4 Å². The fourth-order valence-electron chi connectivity index (χ4n) is 5.28. The van der Waals surface area contributed by atoms with Gasteiger partial charge in [0.25, 0.3) is 5.91 Å². The van der Waals surface area contributed by atoms with Crippen molar-refractivity contribution in [2.24, 2.45) is 0 Å². The Morgan fingerprint density at radius 2 is 1.74 bits per heavy atom. The van der Waals surface area contributed by atoms with Gasteiger partial charge in [-0.3, -0.25) is 4.79 Å². The topological polar surface area (TPSA) is 61.4 Å². The van der Waals surface area contributed by atoms with Gasteiger partial charge in [-0.1, -0.05) is 63.3 Å². The lowest BCUT2D eigenvalue weighted by Crippen LogP contribution is -2.30. The van der Waals surface area contributed by atoms with Crippen LogP contribution in [0.5, 0.6) is 0 Å². The summed E-state index contributed by atoms with van der Waals surface area (Å²) in [6, 6.07) is 16.8. The number of rotatable bonds is 8. The first-order valence-corrected chi connectivity index (χ1v) is 13.0. The van der Waals surface area contributed by atoms with Gasteiger partial charge in [-0.15, -0.1) is 0 Å². The van der Waals surface area contributed by atoms with Crippen LogP contribution in [0, 0.1) is 0 Å². The number of carbonyl (C=O) groups excluding carboxylic acids is 1.